The quantitative estimate of drug-likeness (QED) is 0.662. The highest BCUT2D eigenvalue weighted by Crippen LogP contribution is 1.97. The molecule has 12 heavy (non-hydrogen) atoms. The molecule has 70 valence electrons. The number of thioether (sulfide) groups is 1. The first kappa shape index (κ1) is 11.7. The van der Waals surface area contributed by atoms with E-state index in [2.05, 4.69) is 5.32 Å². The number of carbonyl (C=O) groups is 1. The Hall–Kier alpha value is -0.290. The van der Waals surface area contributed by atoms with E-state index in [0.717, 1.165) is 12.2 Å². The van der Waals surface area contributed by atoms with Crippen molar-refractivity contribution in [1.29, 1.82) is 0 Å². The van der Waals surface area contributed by atoms with Gasteiger partial charge in [0, 0.05) is 6.42 Å². The summed E-state index contributed by atoms with van der Waals surface area (Å²) >= 11 is 6.62. The molecule has 0 saturated heterocycles. The van der Waals surface area contributed by atoms with Crippen LogP contribution in [0, 0.1) is 0 Å². The minimum atomic E-state index is -0.874. The number of thiocarbonyl (C=S) groups is 1. The third kappa shape index (κ3) is 5.37. The summed E-state index contributed by atoms with van der Waals surface area (Å²) in [4.78, 5) is 11.0. The van der Waals surface area contributed by atoms with Crippen LogP contribution in [-0.4, -0.2) is 34.1 Å². The Morgan fingerprint density at radius 2 is 2.33 bits per heavy atom. The molecule has 0 fully saturated rings. The first-order valence-corrected chi connectivity index (χ1v) is 5.39. The second kappa shape index (κ2) is 6.25. The van der Waals surface area contributed by atoms with Gasteiger partial charge in [0.05, 0.1) is 4.99 Å². The van der Waals surface area contributed by atoms with Crippen molar-refractivity contribution in [2.45, 2.75) is 19.4 Å². The average Bonchev–Trinajstić information content (AvgIpc) is 2.00. The van der Waals surface area contributed by atoms with Crippen molar-refractivity contribution in [3.63, 3.8) is 0 Å². The summed E-state index contributed by atoms with van der Waals surface area (Å²) in [5.74, 6) is 0.0551. The first-order valence-electron chi connectivity index (χ1n) is 3.59. The van der Waals surface area contributed by atoms with Crippen molar-refractivity contribution in [2.24, 2.45) is 0 Å². The minimum absolute atomic E-state index is 0.584. The van der Waals surface area contributed by atoms with E-state index >= 15 is 0 Å². The van der Waals surface area contributed by atoms with Crippen molar-refractivity contribution < 1.29 is 9.90 Å². The summed E-state index contributed by atoms with van der Waals surface area (Å²) in [5, 5.41) is 11.3. The van der Waals surface area contributed by atoms with Crippen LogP contribution >= 0.6 is 24.0 Å². The van der Waals surface area contributed by atoms with Gasteiger partial charge in [0.2, 0.25) is 0 Å². The van der Waals surface area contributed by atoms with Crippen molar-refractivity contribution in [1.82, 2.24) is 5.32 Å². The van der Waals surface area contributed by atoms with Gasteiger partial charge < -0.3 is 10.4 Å². The number of nitrogens with one attached hydrogen (secondary N) is 1. The number of carboxylic acid groups (broad SMARTS) is 1. The van der Waals surface area contributed by atoms with Crippen LogP contribution in [0.4, 0.5) is 0 Å². The van der Waals surface area contributed by atoms with Gasteiger partial charge in [0.25, 0.3) is 0 Å². The lowest BCUT2D eigenvalue weighted by molar-refractivity contribution is -0.138. The molecule has 1 atom stereocenters. The van der Waals surface area contributed by atoms with E-state index in [1.807, 2.05) is 6.26 Å². The number of rotatable bonds is 5. The zero-order valence-electron chi connectivity index (χ0n) is 7.16. The fourth-order valence-electron chi connectivity index (χ4n) is 0.570. The average molecular weight is 207 g/mol. The number of hydrogen-bond donors (Lipinski definition) is 2. The zero-order valence-corrected chi connectivity index (χ0v) is 8.80. The Morgan fingerprint density at radius 1 is 1.75 bits per heavy atom. The predicted molar refractivity (Wildman–Crippen MR) is 55.8 cm³/mol. The maximum atomic E-state index is 10.4. The Bertz CT molecular complexity index is 173. The number of carboxylic acids is 1. The maximum Gasteiger partial charge on any atom is 0.325 e. The summed E-state index contributed by atoms with van der Waals surface area (Å²) in [5.41, 5.74) is 0. The normalized spacial score (nSPS) is 12.2. The van der Waals surface area contributed by atoms with Gasteiger partial charge in [-0.15, -0.1) is 0 Å². The molecule has 0 unspecified atom stereocenters. The van der Waals surface area contributed by atoms with Gasteiger partial charge in [0.1, 0.15) is 6.04 Å². The number of aliphatic carboxylic acids is 1. The van der Waals surface area contributed by atoms with Gasteiger partial charge >= 0.3 is 5.97 Å². The second-order valence-electron chi connectivity index (χ2n) is 2.37. The summed E-state index contributed by atoms with van der Waals surface area (Å²) in [6.07, 6.45) is 2.73. The van der Waals surface area contributed by atoms with Crippen molar-refractivity contribution in [3.05, 3.63) is 0 Å². The highest BCUT2D eigenvalue weighted by atomic mass is 32.2. The van der Waals surface area contributed by atoms with E-state index in [1.54, 1.807) is 18.7 Å². The molecule has 0 aromatic rings. The van der Waals surface area contributed by atoms with Gasteiger partial charge in [-0.2, -0.15) is 11.8 Å². The first-order chi connectivity index (χ1) is 5.57. The zero-order chi connectivity index (χ0) is 9.56. The van der Waals surface area contributed by atoms with Crippen molar-refractivity contribution in [3.8, 4) is 0 Å². The molecule has 0 aromatic heterocycles. The lowest BCUT2D eigenvalue weighted by atomic mass is 10.3. The molecule has 0 heterocycles. The fraction of sp³-hybridized carbons (Fsp3) is 0.714. The van der Waals surface area contributed by atoms with Crippen LogP contribution in [0.15, 0.2) is 0 Å². The van der Waals surface area contributed by atoms with Crippen LogP contribution in [0.1, 0.15) is 13.3 Å². The van der Waals surface area contributed by atoms with E-state index in [1.165, 1.54) is 0 Å². The van der Waals surface area contributed by atoms with E-state index in [9.17, 15) is 4.79 Å². The molecule has 0 rings (SSSR count). The Balaban J connectivity index is 3.61. The Labute approximate surface area is 81.9 Å². The Kier molecular flexibility index (Phi) is 6.10. The van der Waals surface area contributed by atoms with Gasteiger partial charge in [-0.1, -0.05) is 12.2 Å². The summed E-state index contributed by atoms with van der Waals surface area (Å²) in [6.45, 7) is 1.58. The molecule has 5 heteroatoms. The number of hydrogen-bond acceptors (Lipinski definition) is 3. The van der Waals surface area contributed by atoms with Crippen molar-refractivity contribution in [2.75, 3.05) is 12.0 Å². The van der Waals surface area contributed by atoms with Crippen LogP contribution in [0.2, 0.25) is 0 Å². The second-order valence-corrected chi connectivity index (χ2v) is 3.85. The van der Waals surface area contributed by atoms with E-state index in [4.69, 9.17) is 17.3 Å². The molecule has 0 aliphatic heterocycles. The minimum Gasteiger partial charge on any atom is -0.480 e. The third-order valence-electron chi connectivity index (χ3n) is 1.28. The van der Waals surface area contributed by atoms with Gasteiger partial charge in [-0.05, 0) is 18.9 Å². The van der Waals surface area contributed by atoms with Crippen LogP contribution in [-0.2, 0) is 4.79 Å². The molecule has 2 N–H and O–H groups in total. The predicted octanol–water partition coefficient (Wildman–Crippen LogP) is 1.13. The molecule has 0 bridgehead atoms. The highest BCUT2D eigenvalue weighted by Gasteiger charge is 2.10. The fourth-order valence-corrected chi connectivity index (χ4v) is 1.39. The summed E-state index contributed by atoms with van der Waals surface area (Å²) in [6, 6.07) is -0.584. The molecule has 0 spiro atoms. The molecule has 0 saturated carbocycles. The van der Waals surface area contributed by atoms with Gasteiger partial charge in [-0.25, -0.2) is 0 Å². The van der Waals surface area contributed by atoms with Crippen LogP contribution in [0.25, 0.3) is 0 Å². The molecule has 0 amide bonds. The van der Waals surface area contributed by atoms with Crippen molar-refractivity contribution >= 4 is 34.9 Å². The molecule has 0 aliphatic rings. The molecular formula is C7H13NO2S2. The lowest BCUT2D eigenvalue weighted by Crippen LogP contribution is -2.37. The molecule has 0 aliphatic carbocycles. The van der Waals surface area contributed by atoms with Crippen LogP contribution < -0.4 is 5.32 Å². The topological polar surface area (TPSA) is 49.3 Å². The SMILES string of the molecule is CSCCC(=S)N[C@@H](C)C(=O)O. The summed E-state index contributed by atoms with van der Waals surface area (Å²) in [7, 11) is 0. The van der Waals surface area contributed by atoms with E-state index in [-0.39, 0.29) is 0 Å². The standard InChI is InChI=1S/C7H13NO2S2/c1-5(7(9)10)8-6(11)3-4-12-2/h5H,3-4H2,1-2H3,(H,8,11)(H,9,10)/t5-/m0/s1. The third-order valence-corrected chi connectivity index (χ3v) is 2.22. The van der Waals surface area contributed by atoms with Gasteiger partial charge in [0.15, 0.2) is 0 Å². The molecule has 3 nitrogen and oxygen atoms in total. The molecular weight excluding hydrogens is 194 g/mol. The monoisotopic (exact) mass is 207 g/mol. The Morgan fingerprint density at radius 3 is 2.75 bits per heavy atom. The maximum absolute atomic E-state index is 10.4. The lowest BCUT2D eigenvalue weighted by Gasteiger charge is -2.10. The van der Waals surface area contributed by atoms with Crippen LogP contribution in [0.5, 0.6) is 0 Å². The van der Waals surface area contributed by atoms with E-state index in [0.29, 0.717) is 4.99 Å². The molecule has 0 radical (unpaired) electrons. The smallest absolute Gasteiger partial charge is 0.325 e. The van der Waals surface area contributed by atoms with Crippen LogP contribution in [0.3, 0.4) is 0 Å². The summed E-state index contributed by atoms with van der Waals surface area (Å²) < 4.78 is 0. The highest BCUT2D eigenvalue weighted by molar-refractivity contribution is 7.98. The van der Waals surface area contributed by atoms with Gasteiger partial charge in [-0.3, -0.25) is 4.79 Å². The largest absolute Gasteiger partial charge is 0.480 e. The molecule has 0 aromatic carbocycles. The van der Waals surface area contributed by atoms with E-state index < -0.39 is 12.0 Å².